The van der Waals surface area contributed by atoms with E-state index in [2.05, 4.69) is 25.8 Å². The van der Waals surface area contributed by atoms with Gasteiger partial charge in [0, 0.05) is 0 Å². The molecule has 0 atom stereocenters. The maximum absolute atomic E-state index is 4.70. The lowest BCUT2D eigenvalue weighted by molar-refractivity contribution is 0.405. The minimum atomic E-state index is 0.252. The van der Waals surface area contributed by atoms with Crippen molar-refractivity contribution in [1.29, 1.82) is 0 Å². The van der Waals surface area contributed by atoms with E-state index in [9.17, 15) is 0 Å². The summed E-state index contributed by atoms with van der Waals surface area (Å²) in [6.07, 6.45) is 0.969. The molecule has 2 rings (SSSR count). The molecule has 0 saturated heterocycles. The molecule has 0 spiro atoms. The van der Waals surface area contributed by atoms with Gasteiger partial charge in [0.15, 0.2) is 0 Å². The molecule has 0 aliphatic heterocycles. The number of benzene rings is 1. The first-order chi connectivity index (χ1) is 7.46. The highest BCUT2D eigenvalue weighted by molar-refractivity contribution is 5.74. The van der Waals surface area contributed by atoms with Gasteiger partial charge in [-0.3, -0.25) is 0 Å². The number of aryl methyl sites for hydroxylation is 1. The summed E-state index contributed by atoms with van der Waals surface area (Å²) in [6, 6.07) is 8.04. The van der Waals surface area contributed by atoms with Crippen LogP contribution in [0.1, 0.15) is 32.2 Å². The van der Waals surface area contributed by atoms with Crippen LogP contribution in [0.25, 0.3) is 11.0 Å². The number of aromatic nitrogens is 2. The third-order valence-corrected chi connectivity index (χ3v) is 2.54. The maximum atomic E-state index is 4.70. The summed E-state index contributed by atoms with van der Waals surface area (Å²) in [5.41, 5.74) is 4.40. The Morgan fingerprint density at radius 2 is 1.56 bits per heavy atom. The van der Waals surface area contributed by atoms with Crippen LogP contribution in [0, 0.1) is 12.3 Å². The van der Waals surface area contributed by atoms with Gasteiger partial charge in [-0.25, -0.2) is 9.97 Å². The Morgan fingerprint density at radius 1 is 1.00 bits per heavy atom. The molecule has 1 heterocycles. The van der Waals surface area contributed by atoms with Crippen LogP contribution >= 0.6 is 0 Å². The second kappa shape index (κ2) is 3.85. The van der Waals surface area contributed by atoms with E-state index in [-0.39, 0.29) is 5.41 Å². The Kier molecular flexibility index (Phi) is 2.66. The molecule has 2 heteroatoms. The van der Waals surface area contributed by atoms with E-state index < -0.39 is 0 Å². The van der Waals surface area contributed by atoms with Crippen LogP contribution < -0.4 is 0 Å². The van der Waals surface area contributed by atoms with Gasteiger partial charge < -0.3 is 0 Å². The van der Waals surface area contributed by atoms with Crippen molar-refractivity contribution in [3.63, 3.8) is 0 Å². The molecule has 0 aliphatic carbocycles. The van der Waals surface area contributed by atoms with Gasteiger partial charge in [0.05, 0.1) is 22.4 Å². The molecule has 0 radical (unpaired) electrons. The van der Waals surface area contributed by atoms with Gasteiger partial charge in [-0.05, 0) is 30.9 Å². The topological polar surface area (TPSA) is 25.8 Å². The first-order valence-electron chi connectivity index (χ1n) is 5.68. The van der Waals surface area contributed by atoms with Crippen molar-refractivity contribution in [2.24, 2.45) is 5.41 Å². The zero-order chi connectivity index (χ0) is 11.8. The van der Waals surface area contributed by atoms with Gasteiger partial charge >= 0.3 is 0 Å². The third-order valence-electron chi connectivity index (χ3n) is 2.54. The minimum absolute atomic E-state index is 0.252. The fourth-order valence-electron chi connectivity index (χ4n) is 1.79. The molecule has 0 aliphatic rings. The highest BCUT2D eigenvalue weighted by Crippen LogP contribution is 2.22. The predicted octanol–water partition coefficient (Wildman–Crippen LogP) is 3.53. The van der Waals surface area contributed by atoms with Crippen molar-refractivity contribution in [3.05, 3.63) is 35.7 Å². The van der Waals surface area contributed by atoms with Crippen LogP contribution in [0.2, 0.25) is 0 Å². The molecule has 2 aromatic rings. The van der Waals surface area contributed by atoms with E-state index in [4.69, 9.17) is 4.98 Å². The summed E-state index contributed by atoms with van der Waals surface area (Å²) < 4.78 is 0. The van der Waals surface area contributed by atoms with Gasteiger partial charge in [0.25, 0.3) is 0 Å². The molecular weight excluding hydrogens is 196 g/mol. The quantitative estimate of drug-likeness (QED) is 0.725. The summed E-state index contributed by atoms with van der Waals surface area (Å²) in [5.74, 6) is 0. The molecule has 16 heavy (non-hydrogen) atoms. The van der Waals surface area contributed by atoms with Crippen molar-refractivity contribution < 1.29 is 0 Å². The second-order valence-corrected chi connectivity index (χ2v) is 5.48. The normalized spacial score (nSPS) is 12.0. The summed E-state index contributed by atoms with van der Waals surface area (Å²) in [4.78, 5) is 9.29. The van der Waals surface area contributed by atoms with E-state index in [1.54, 1.807) is 0 Å². The fraction of sp³-hybridized carbons (Fsp3) is 0.429. The number of hydrogen-bond acceptors (Lipinski definition) is 2. The van der Waals surface area contributed by atoms with Gasteiger partial charge in [-0.1, -0.05) is 32.9 Å². The molecule has 1 aromatic carbocycles. The summed E-state index contributed by atoms with van der Waals surface area (Å²) in [7, 11) is 0. The molecule has 0 amide bonds. The summed E-state index contributed by atoms with van der Waals surface area (Å²) in [5, 5.41) is 0. The van der Waals surface area contributed by atoms with Crippen molar-refractivity contribution in [3.8, 4) is 0 Å². The summed E-state index contributed by atoms with van der Waals surface area (Å²) >= 11 is 0. The average Bonchev–Trinajstić information content (AvgIpc) is 2.17. The van der Waals surface area contributed by atoms with Gasteiger partial charge in [-0.15, -0.1) is 0 Å². The SMILES string of the molecule is Cc1nc2ccccc2nc1CC(C)(C)C. The van der Waals surface area contributed by atoms with Crippen LogP contribution in [0.15, 0.2) is 24.3 Å². The van der Waals surface area contributed by atoms with E-state index in [1.807, 2.05) is 31.2 Å². The minimum Gasteiger partial charge on any atom is -0.250 e. The molecule has 84 valence electrons. The number of hydrogen-bond donors (Lipinski definition) is 0. The lowest BCUT2D eigenvalue weighted by Crippen LogP contribution is -2.12. The van der Waals surface area contributed by atoms with Crippen molar-refractivity contribution in [2.45, 2.75) is 34.1 Å². The van der Waals surface area contributed by atoms with Crippen LogP contribution in [-0.2, 0) is 6.42 Å². The molecule has 0 saturated carbocycles. The van der Waals surface area contributed by atoms with E-state index in [1.165, 1.54) is 0 Å². The number of rotatable bonds is 1. The largest absolute Gasteiger partial charge is 0.250 e. The number of nitrogens with zero attached hydrogens (tertiary/aromatic N) is 2. The van der Waals surface area contributed by atoms with E-state index in [0.717, 1.165) is 28.8 Å². The second-order valence-electron chi connectivity index (χ2n) is 5.48. The van der Waals surface area contributed by atoms with Gasteiger partial charge in [0.1, 0.15) is 0 Å². The molecule has 2 nitrogen and oxygen atoms in total. The third kappa shape index (κ3) is 2.38. The zero-order valence-corrected chi connectivity index (χ0v) is 10.4. The molecule has 1 aromatic heterocycles. The lowest BCUT2D eigenvalue weighted by Gasteiger charge is -2.18. The Morgan fingerprint density at radius 3 is 2.12 bits per heavy atom. The molecule has 0 fully saturated rings. The smallest absolute Gasteiger partial charge is 0.0890 e. The Bertz CT molecular complexity index is 510. The average molecular weight is 214 g/mol. The van der Waals surface area contributed by atoms with Crippen molar-refractivity contribution in [2.75, 3.05) is 0 Å². The monoisotopic (exact) mass is 214 g/mol. The van der Waals surface area contributed by atoms with Gasteiger partial charge in [0.2, 0.25) is 0 Å². The first-order valence-corrected chi connectivity index (χ1v) is 5.68. The predicted molar refractivity (Wildman–Crippen MR) is 67.4 cm³/mol. The first kappa shape index (κ1) is 11.1. The van der Waals surface area contributed by atoms with E-state index >= 15 is 0 Å². The highest BCUT2D eigenvalue weighted by Gasteiger charge is 2.15. The van der Waals surface area contributed by atoms with Crippen molar-refractivity contribution in [1.82, 2.24) is 9.97 Å². The number of fused-ring (bicyclic) bond motifs is 1. The molecular formula is C14H18N2. The maximum Gasteiger partial charge on any atom is 0.0890 e. The number of para-hydroxylation sites is 2. The van der Waals surface area contributed by atoms with Crippen LogP contribution in [-0.4, -0.2) is 9.97 Å². The van der Waals surface area contributed by atoms with Crippen LogP contribution in [0.5, 0.6) is 0 Å². The Balaban J connectivity index is 2.50. The van der Waals surface area contributed by atoms with E-state index in [0.29, 0.717) is 0 Å². The molecule has 0 unspecified atom stereocenters. The van der Waals surface area contributed by atoms with Gasteiger partial charge in [-0.2, -0.15) is 0 Å². The molecule has 0 N–H and O–H groups in total. The lowest BCUT2D eigenvalue weighted by atomic mass is 9.90. The van der Waals surface area contributed by atoms with Crippen molar-refractivity contribution >= 4 is 11.0 Å². The Labute approximate surface area is 96.7 Å². The van der Waals surface area contributed by atoms with Crippen LogP contribution in [0.4, 0.5) is 0 Å². The summed E-state index contributed by atoms with van der Waals surface area (Å²) in [6.45, 7) is 8.72. The fourth-order valence-corrected chi connectivity index (χ4v) is 1.79. The highest BCUT2D eigenvalue weighted by atomic mass is 14.8. The zero-order valence-electron chi connectivity index (χ0n) is 10.4. The standard InChI is InChI=1S/C14H18N2/c1-10-13(9-14(2,3)4)16-12-8-6-5-7-11(12)15-10/h5-8H,9H2,1-4H3. The Hall–Kier alpha value is -1.44. The van der Waals surface area contributed by atoms with Crippen LogP contribution in [0.3, 0.4) is 0 Å². The molecule has 0 bridgehead atoms.